The Hall–Kier alpha value is -0.570. The minimum Gasteiger partial charge on any atom is -0.323 e. The topological polar surface area (TPSA) is 32.3 Å². The van der Waals surface area contributed by atoms with Gasteiger partial charge >= 0.3 is 0 Å². The van der Waals surface area contributed by atoms with Crippen molar-refractivity contribution in [1.29, 1.82) is 0 Å². The van der Waals surface area contributed by atoms with E-state index >= 15 is 0 Å². The molecular weight excluding hydrogens is 164 g/mol. The molecule has 1 N–H and O–H groups in total. The minimum atomic E-state index is 0.257. The van der Waals surface area contributed by atoms with Crippen molar-refractivity contribution >= 4 is 5.91 Å². The Balaban J connectivity index is 2.57. The number of amides is 1. The van der Waals surface area contributed by atoms with Crippen molar-refractivity contribution in [2.75, 3.05) is 6.54 Å². The van der Waals surface area contributed by atoms with Crippen molar-refractivity contribution in [2.45, 2.75) is 52.2 Å². The molecule has 2 unspecified atom stereocenters. The van der Waals surface area contributed by atoms with Gasteiger partial charge in [-0.05, 0) is 19.8 Å². The molecule has 0 aromatic rings. The van der Waals surface area contributed by atoms with Crippen LogP contribution in [0.1, 0.15) is 40.0 Å². The number of hydrogen-bond acceptors (Lipinski definition) is 2. The van der Waals surface area contributed by atoms with Gasteiger partial charge in [-0.3, -0.25) is 10.1 Å². The molecule has 0 aromatic heterocycles. The molecule has 3 heteroatoms. The summed E-state index contributed by atoms with van der Waals surface area (Å²) in [5.41, 5.74) is 0. The summed E-state index contributed by atoms with van der Waals surface area (Å²) in [6, 6.07) is 0.387. The van der Waals surface area contributed by atoms with Crippen molar-refractivity contribution < 1.29 is 4.79 Å². The van der Waals surface area contributed by atoms with Gasteiger partial charge in [0.05, 0.1) is 12.7 Å². The third kappa shape index (κ3) is 2.21. The zero-order valence-electron chi connectivity index (χ0n) is 8.84. The van der Waals surface area contributed by atoms with Crippen LogP contribution in [0.5, 0.6) is 0 Å². The lowest BCUT2D eigenvalue weighted by Crippen LogP contribution is -2.42. The lowest BCUT2D eigenvalue weighted by molar-refractivity contribution is -0.130. The Kier molecular flexibility index (Phi) is 3.72. The van der Waals surface area contributed by atoms with Crippen LogP contribution in [-0.4, -0.2) is 29.6 Å². The maximum atomic E-state index is 11.5. The van der Waals surface area contributed by atoms with Crippen molar-refractivity contribution in [1.82, 2.24) is 10.2 Å². The second kappa shape index (κ2) is 4.61. The summed E-state index contributed by atoms with van der Waals surface area (Å²) in [7, 11) is 0. The lowest BCUT2D eigenvalue weighted by Gasteiger charge is -2.29. The van der Waals surface area contributed by atoms with Crippen LogP contribution in [0.25, 0.3) is 0 Å². The van der Waals surface area contributed by atoms with E-state index in [0.29, 0.717) is 12.6 Å². The van der Waals surface area contributed by atoms with E-state index in [1.54, 1.807) is 0 Å². The Bertz CT molecular complexity index is 182. The van der Waals surface area contributed by atoms with E-state index in [9.17, 15) is 4.79 Å². The quantitative estimate of drug-likeness (QED) is 0.715. The third-order valence-electron chi connectivity index (χ3n) is 2.68. The molecule has 1 rings (SSSR count). The van der Waals surface area contributed by atoms with Crippen LogP contribution in [0.3, 0.4) is 0 Å². The van der Waals surface area contributed by atoms with Crippen LogP contribution in [-0.2, 0) is 4.79 Å². The number of carbonyl (C=O) groups is 1. The van der Waals surface area contributed by atoms with E-state index in [2.05, 4.69) is 26.1 Å². The highest BCUT2D eigenvalue weighted by Gasteiger charge is 2.31. The summed E-state index contributed by atoms with van der Waals surface area (Å²) in [6.45, 7) is 6.93. The van der Waals surface area contributed by atoms with Gasteiger partial charge in [-0.2, -0.15) is 0 Å². The van der Waals surface area contributed by atoms with Crippen LogP contribution < -0.4 is 5.32 Å². The van der Waals surface area contributed by atoms with Gasteiger partial charge in [0.15, 0.2) is 0 Å². The summed E-state index contributed by atoms with van der Waals surface area (Å²) in [5.74, 6) is 0.257. The Morgan fingerprint density at radius 1 is 1.62 bits per heavy atom. The minimum absolute atomic E-state index is 0.257. The highest BCUT2D eigenvalue weighted by Crippen LogP contribution is 2.15. The molecule has 0 bridgehead atoms. The number of nitrogens with zero attached hydrogens (tertiary/aromatic N) is 1. The smallest absolute Gasteiger partial charge is 0.238 e. The predicted octanol–water partition coefficient (Wildman–Crippen LogP) is 1.34. The van der Waals surface area contributed by atoms with Gasteiger partial charge in [-0.1, -0.05) is 20.3 Å². The molecule has 1 aliphatic heterocycles. The van der Waals surface area contributed by atoms with Crippen molar-refractivity contribution in [2.24, 2.45) is 0 Å². The fraction of sp³-hybridized carbons (Fsp3) is 0.900. The molecule has 1 heterocycles. The van der Waals surface area contributed by atoms with Gasteiger partial charge in [0.2, 0.25) is 5.91 Å². The van der Waals surface area contributed by atoms with E-state index in [-0.39, 0.29) is 12.1 Å². The normalized spacial score (nSPS) is 25.3. The Morgan fingerprint density at radius 2 is 2.31 bits per heavy atom. The van der Waals surface area contributed by atoms with Gasteiger partial charge in [0.25, 0.3) is 0 Å². The highest BCUT2D eigenvalue weighted by atomic mass is 16.2. The number of nitrogens with one attached hydrogen (secondary N) is 1. The van der Waals surface area contributed by atoms with E-state index in [4.69, 9.17) is 0 Å². The van der Waals surface area contributed by atoms with Crippen LogP contribution >= 0.6 is 0 Å². The number of rotatable bonds is 4. The van der Waals surface area contributed by atoms with Gasteiger partial charge < -0.3 is 4.90 Å². The summed E-state index contributed by atoms with van der Waals surface area (Å²) in [4.78, 5) is 13.5. The largest absolute Gasteiger partial charge is 0.323 e. The standard InChI is InChI=1S/C10H20N2O/c1-4-6-8(3)12-9(5-2)11-7-10(12)13/h8-9,11H,4-7H2,1-3H3. The molecule has 1 fully saturated rings. The lowest BCUT2D eigenvalue weighted by atomic mass is 10.1. The van der Waals surface area contributed by atoms with Crippen LogP contribution in [0.2, 0.25) is 0 Å². The second-order valence-corrected chi connectivity index (χ2v) is 3.74. The summed E-state index contributed by atoms with van der Waals surface area (Å²) in [6.07, 6.45) is 3.51. The van der Waals surface area contributed by atoms with Gasteiger partial charge in [0.1, 0.15) is 0 Å². The molecule has 76 valence electrons. The molecule has 1 aliphatic rings. The molecule has 13 heavy (non-hydrogen) atoms. The van der Waals surface area contributed by atoms with Crippen molar-refractivity contribution in [3.8, 4) is 0 Å². The van der Waals surface area contributed by atoms with Gasteiger partial charge in [0, 0.05) is 6.04 Å². The molecular formula is C10H20N2O. The van der Waals surface area contributed by atoms with E-state index in [1.807, 2.05) is 4.90 Å². The highest BCUT2D eigenvalue weighted by molar-refractivity contribution is 5.80. The van der Waals surface area contributed by atoms with E-state index in [0.717, 1.165) is 19.3 Å². The maximum Gasteiger partial charge on any atom is 0.238 e. The van der Waals surface area contributed by atoms with Gasteiger partial charge in [-0.15, -0.1) is 0 Å². The van der Waals surface area contributed by atoms with Gasteiger partial charge in [-0.25, -0.2) is 0 Å². The Labute approximate surface area is 80.5 Å². The molecule has 3 nitrogen and oxygen atoms in total. The third-order valence-corrected chi connectivity index (χ3v) is 2.68. The maximum absolute atomic E-state index is 11.5. The fourth-order valence-corrected chi connectivity index (χ4v) is 2.02. The predicted molar refractivity (Wildman–Crippen MR) is 53.3 cm³/mol. The zero-order valence-corrected chi connectivity index (χ0v) is 8.84. The molecule has 0 radical (unpaired) electrons. The molecule has 0 aliphatic carbocycles. The Morgan fingerprint density at radius 3 is 2.85 bits per heavy atom. The fourth-order valence-electron chi connectivity index (χ4n) is 2.02. The second-order valence-electron chi connectivity index (χ2n) is 3.74. The summed E-state index contributed by atoms with van der Waals surface area (Å²) >= 11 is 0. The SMILES string of the molecule is CCCC(C)N1C(=O)CNC1CC. The monoisotopic (exact) mass is 184 g/mol. The molecule has 1 saturated heterocycles. The first-order valence-electron chi connectivity index (χ1n) is 5.25. The molecule has 2 atom stereocenters. The van der Waals surface area contributed by atoms with E-state index < -0.39 is 0 Å². The van der Waals surface area contributed by atoms with E-state index in [1.165, 1.54) is 0 Å². The molecule has 0 aromatic carbocycles. The molecule has 0 spiro atoms. The van der Waals surface area contributed by atoms with Crippen molar-refractivity contribution in [3.63, 3.8) is 0 Å². The molecule has 0 saturated carbocycles. The average molecular weight is 184 g/mol. The average Bonchev–Trinajstić information content (AvgIpc) is 2.47. The van der Waals surface area contributed by atoms with Crippen LogP contribution in [0, 0.1) is 0 Å². The molecule has 1 amide bonds. The van der Waals surface area contributed by atoms with Crippen LogP contribution in [0.4, 0.5) is 0 Å². The first-order valence-corrected chi connectivity index (χ1v) is 5.25. The number of carbonyl (C=O) groups excluding carboxylic acids is 1. The first kappa shape index (κ1) is 10.5. The summed E-state index contributed by atoms with van der Waals surface area (Å²) in [5, 5.41) is 3.22. The summed E-state index contributed by atoms with van der Waals surface area (Å²) < 4.78 is 0. The first-order chi connectivity index (χ1) is 6.20. The zero-order chi connectivity index (χ0) is 9.84. The number of hydrogen-bond donors (Lipinski definition) is 1. The van der Waals surface area contributed by atoms with Crippen molar-refractivity contribution in [3.05, 3.63) is 0 Å². The van der Waals surface area contributed by atoms with Crippen LogP contribution in [0.15, 0.2) is 0 Å².